The Kier molecular flexibility index (Phi) is 2.68. The third-order valence-electron chi connectivity index (χ3n) is 2.47. The Morgan fingerprint density at radius 2 is 2.38 bits per heavy atom. The third-order valence-corrected chi connectivity index (χ3v) is 2.47. The molecule has 16 heavy (non-hydrogen) atoms. The normalized spacial score (nSPS) is 17.5. The van der Waals surface area contributed by atoms with Gasteiger partial charge in [0.1, 0.15) is 5.82 Å². The van der Waals surface area contributed by atoms with Gasteiger partial charge in [-0.15, -0.1) is 0 Å². The first-order valence-electron chi connectivity index (χ1n) is 5.05. The maximum Gasteiger partial charge on any atom is 0.128 e. The molecule has 1 aromatic heterocycles. The highest BCUT2D eigenvalue weighted by Gasteiger charge is 2.37. The molecule has 0 unspecified atom stereocenters. The number of pyridine rings is 1. The number of azide groups is 1. The molecule has 84 valence electrons. The molecular formula is C10H13N5O. The van der Waals surface area contributed by atoms with Gasteiger partial charge in [-0.25, -0.2) is 4.98 Å². The van der Waals surface area contributed by atoms with E-state index in [0.29, 0.717) is 13.1 Å². The summed E-state index contributed by atoms with van der Waals surface area (Å²) in [6.07, 6.45) is 0. The highest BCUT2D eigenvalue weighted by molar-refractivity contribution is 5.44. The minimum absolute atomic E-state index is 0.259. The summed E-state index contributed by atoms with van der Waals surface area (Å²) in [7, 11) is 0. The average Bonchev–Trinajstić information content (AvgIpc) is 2.23. The fourth-order valence-electron chi connectivity index (χ4n) is 1.77. The maximum absolute atomic E-state index is 9.62. The highest BCUT2D eigenvalue weighted by atomic mass is 16.3. The topological polar surface area (TPSA) is 85.1 Å². The number of hydrogen-bond acceptors (Lipinski definition) is 4. The van der Waals surface area contributed by atoms with Crippen molar-refractivity contribution in [2.75, 3.05) is 18.0 Å². The largest absolute Gasteiger partial charge is 0.386 e. The number of anilines is 1. The third kappa shape index (κ3) is 2.24. The Morgan fingerprint density at radius 1 is 1.62 bits per heavy atom. The van der Waals surface area contributed by atoms with Crippen LogP contribution in [0.4, 0.5) is 5.82 Å². The van der Waals surface area contributed by atoms with Gasteiger partial charge in [0.25, 0.3) is 0 Å². The smallest absolute Gasteiger partial charge is 0.128 e. The predicted octanol–water partition coefficient (Wildman–Crippen LogP) is 1.46. The number of β-amino-alcohol motifs (C(OH)–C–C–N with tert-alkyl or cyclic N) is 1. The summed E-state index contributed by atoms with van der Waals surface area (Å²) in [5, 5.41) is 13.1. The van der Waals surface area contributed by atoms with Gasteiger partial charge in [-0.05, 0) is 24.6 Å². The van der Waals surface area contributed by atoms with E-state index in [1.54, 1.807) is 6.92 Å². The summed E-state index contributed by atoms with van der Waals surface area (Å²) in [6.45, 7) is 3.23. The molecule has 1 fully saturated rings. The summed E-state index contributed by atoms with van der Waals surface area (Å²) in [6, 6.07) is 5.57. The lowest BCUT2D eigenvalue weighted by Gasteiger charge is -2.45. The van der Waals surface area contributed by atoms with Crippen LogP contribution < -0.4 is 4.90 Å². The fourth-order valence-corrected chi connectivity index (χ4v) is 1.77. The molecular weight excluding hydrogens is 206 g/mol. The molecule has 2 rings (SSSR count). The first-order valence-corrected chi connectivity index (χ1v) is 5.05. The van der Waals surface area contributed by atoms with Crippen LogP contribution in [-0.4, -0.2) is 28.8 Å². The van der Waals surface area contributed by atoms with Gasteiger partial charge in [-0.2, -0.15) is 0 Å². The minimum Gasteiger partial charge on any atom is -0.386 e. The summed E-state index contributed by atoms with van der Waals surface area (Å²) < 4.78 is 0. The average molecular weight is 219 g/mol. The van der Waals surface area contributed by atoms with Gasteiger partial charge in [0.2, 0.25) is 0 Å². The second-order valence-corrected chi connectivity index (χ2v) is 4.23. The fraction of sp³-hybridized carbons (Fsp3) is 0.500. The number of nitrogens with zero attached hydrogens (tertiary/aromatic N) is 5. The summed E-state index contributed by atoms with van der Waals surface area (Å²) in [4.78, 5) is 9.03. The zero-order valence-corrected chi connectivity index (χ0v) is 9.04. The minimum atomic E-state index is -0.609. The molecule has 2 heterocycles. The number of rotatable bonds is 3. The van der Waals surface area contributed by atoms with Gasteiger partial charge >= 0.3 is 0 Å². The van der Waals surface area contributed by atoms with Gasteiger partial charge in [-0.3, -0.25) is 0 Å². The van der Waals surface area contributed by atoms with E-state index in [9.17, 15) is 5.11 Å². The zero-order valence-electron chi connectivity index (χ0n) is 9.04. The van der Waals surface area contributed by atoms with Crippen LogP contribution in [0.25, 0.3) is 10.4 Å². The molecule has 0 radical (unpaired) electrons. The van der Waals surface area contributed by atoms with Crippen LogP contribution in [0.1, 0.15) is 12.6 Å². The van der Waals surface area contributed by atoms with Crippen molar-refractivity contribution in [1.82, 2.24) is 4.98 Å². The Bertz CT molecular complexity index is 431. The van der Waals surface area contributed by atoms with E-state index in [4.69, 9.17) is 5.53 Å². The molecule has 1 saturated heterocycles. The molecule has 0 atom stereocenters. The van der Waals surface area contributed by atoms with Crippen molar-refractivity contribution in [2.45, 2.75) is 19.1 Å². The van der Waals surface area contributed by atoms with Crippen LogP contribution in [0.5, 0.6) is 0 Å². The molecule has 1 aliphatic rings. The molecule has 1 N–H and O–H groups in total. The van der Waals surface area contributed by atoms with Crippen LogP contribution in [0.15, 0.2) is 23.3 Å². The number of aromatic nitrogens is 1. The van der Waals surface area contributed by atoms with Crippen molar-refractivity contribution < 1.29 is 5.11 Å². The van der Waals surface area contributed by atoms with Crippen LogP contribution in [-0.2, 0) is 6.54 Å². The monoisotopic (exact) mass is 219 g/mol. The van der Waals surface area contributed by atoms with Crippen LogP contribution in [0, 0.1) is 0 Å². The quantitative estimate of drug-likeness (QED) is 0.474. The highest BCUT2D eigenvalue weighted by Crippen LogP contribution is 2.25. The molecule has 1 aromatic rings. The molecule has 6 nitrogen and oxygen atoms in total. The van der Waals surface area contributed by atoms with Gasteiger partial charge in [0, 0.05) is 23.7 Å². The van der Waals surface area contributed by atoms with Crippen LogP contribution in [0.2, 0.25) is 0 Å². The first-order chi connectivity index (χ1) is 7.61. The summed E-state index contributed by atoms with van der Waals surface area (Å²) >= 11 is 0. The molecule has 1 aliphatic heterocycles. The number of aliphatic hydroxyl groups is 1. The maximum atomic E-state index is 9.62. The van der Waals surface area contributed by atoms with E-state index in [1.807, 2.05) is 23.1 Å². The molecule has 6 heteroatoms. The SMILES string of the molecule is CC1(O)CN(c2cccc(CN=[N+]=[N-])n2)C1. The molecule has 0 aromatic carbocycles. The lowest BCUT2D eigenvalue weighted by Crippen LogP contribution is -2.60. The Hall–Kier alpha value is -1.78. The Morgan fingerprint density at radius 3 is 3.00 bits per heavy atom. The Balaban J connectivity index is 2.08. The van der Waals surface area contributed by atoms with Crippen molar-refractivity contribution in [3.63, 3.8) is 0 Å². The molecule has 0 bridgehead atoms. The van der Waals surface area contributed by atoms with E-state index >= 15 is 0 Å². The van der Waals surface area contributed by atoms with Gasteiger partial charge in [-0.1, -0.05) is 11.2 Å². The van der Waals surface area contributed by atoms with E-state index in [2.05, 4.69) is 15.0 Å². The van der Waals surface area contributed by atoms with Crippen molar-refractivity contribution in [1.29, 1.82) is 0 Å². The lowest BCUT2D eigenvalue weighted by molar-refractivity contribution is 0.0305. The van der Waals surface area contributed by atoms with Crippen molar-refractivity contribution >= 4 is 5.82 Å². The summed E-state index contributed by atoms with van der Waals surface area (Å²) in [5.41, 5.74) is 8.35. The summed E-state index contributed by atoms with van der Waals surface area (Å²) in [5.74, 6) is 0.817. The van der Waals surface area contributed by atoms with Crippen molar-refractivity contribution in [3.8, 4) is 0 Å². The standard InChI is InChI=1S/C10H13N5O/c1-10(16)6-15(7-10)9-4-2-3-8(13-9)5-12-14-11/h2-4,16H,5-7H2,1H3. The van der Waals surface area contributed by atoms with E-state index in [1.165, 1.54) is 0 Å². The van der Waals surface area contributed by atoms with E-state index in [0.717, 1.165) is 11.5 Å². The van der Waals surface area contributed by atoms with Crippen molar-refractivity contribution in [2.24, 2.45) is 5.11 Å². The van der Waals surface area contributed by atoms with Gasteiger partial charge in [0.05, 0.1) is 12.1 Å². The van der Waals surface area contributed by atoms with Crippen molar-refractivity contribution in [3.05, 3.63) is 34.3 Å². The number of hydrogen-bond donors (Lipinski definition) is 1. The van der Waals surface area contributed by atoms with Gasteiger partial charge in [0.15, 0.2) is 0 Å². The van der Waals surface area contributed by atoms with Crippen LogP contribution >= 0.6 is 0 Å². The first kappa shape index (κ1) is 10.7. The zero-order chi connectivity index (χ0) is 11.6. The van der Waals surface area contributed by atoms with Crippen LogP contribution in [0.3, 0.4) is 0 Å². The van der Waals surface area contributed by atoms with Gasteiger partial charge < -0.3 is 10.0 Å². The Labute approximate surface area is 93.2 Å². The predicted molar refractivity (Wildman–Crippen MR) is 59.9 cm³/mol. The second-order valence-electron chi connectivity index (χ2n) is 4.23. The van der Waals surface area contributed by atoms with E-state index < -0.39 is 5.60 Å². The molecule has 0 amide bonds. The molecule has 0 saturated carbocycles. The van der Waals surface area contributed by atoms with E-state index in [-0.39, 0.29) is 6.54 Å². The second kappa shape index (κ2) is 4.00. The lowest BCUT2D eigenvalue weighted by atomic mass is 9.97. The molecule has 0 aliphatic carbocycles. The molecule has 0 spiro atoms.